The minimum absolute atomic E-state index is 0.369. The molecule has 4 rings (SSSR count). The molecule has 0 spiro atoms. The topological polar surface area (TPSA) is 18.5 Å². The van der Waals surface area contributed by atoms with Gasteiger partial charge in [0, 0.05) is 50.2 Å². The van der Waals surface area contributed by atoms with Crippen LogP contribution < -0.4 is 15.1 Å². The van der Waals surface area contributed by atoms with Gasteiger partial charge in [-0.2, -0.15) is 0 Å². The fraction of sp³-hybridized carbons (Fsp3) is 0.417. The lowest BCUT2D eigenvalue weighted by molar-refractivity contribution is 0.425. The number of benzene rings is 2. The first kappa shape index (κ1) is 18.0. The molecular weight excluding hydrogens is 330 g/mol. The van der Waals surface area contributed by atoms with Gasteiger partial charge >= 0.3 is 0 Å². The first-order chi connectivity index (χ1) is 13.1. The zero-order valence-electron chi connectivity index (χ0n) is 16.9. The van der Waals surface area contributed by atoms with Crippen LogP contribution in [0.3, 0.4) is 0 Å². The van der Waals surface area contributed by atoms with Crippen LogP contribution in [-0.4, -0.2) is 27.2 Å². The van der Waals surface area contributed by atoms with Gasteiger partial charge in [-0.15, -0.1) is 0 Å². The molecule has 2 aromatic carbocycles. The van der Waals surface area contributed by atoms with Crippen molar-refractivity contribution in [2.24, 2.45) is 5.92 Å². The minimum Gasteiger partial charge on any atom is -0.378 e. The number of hydrogen-bond acceptors (Lipinski definition) is 3. The number of nitrogens with zero attached hydrogens (tertiary/aromatic N) is 2. The van der Waals surface area contributed by atoms with Crippen molar-refractivity contribution >= 4 is 17.1 Å². The highest BCUT2D eigenvalue weighted by atomic mass is 15.1. The average Bonchev–Trinajstić information content (AvgIpc) is 3.18. The zero-order chi connectivity index (χ0) is 19.0. The van der Waals surface area contributed by atoms with Gasteiger partial charge in [-0.3, -0.25) is 0 Å². The van der Waals surface area contributed by atoms with Crippen molar-refractivity contribution in [3.63, 3.8) is 0 Å². The average molecular weight is 362 g/mol. The Hall–Kier alpha value is -2.42. The van der Waals surface area contributed by atoms with Crippen LogP contribution in [0.1, 0.15) is 43.4 Å². The molecule has 0 amide bonds. The molecule has 0 aromatic heterocycles. The first-order valence-corrected chi connectivity index (χ1v) is 10.2. The molecule has 3 atom stereocenters. The molecular formula is C24H31N3. The monoisotopic (exact) mass is 361 g/mol. The Morgan fingerprint density at radius 3 is 2.33 bits per heavy atom. The molecule has 3 nitrogen and oxygen atoms in total. The van der Waals surface area contributed by atoms with Gasteiger partial charge in [0.05, 0.1) is 6.04 Å². The lowest BCUT2D eigenvalue weighted by Crippen LogP contribution is -2.29. The van der Waals surface area contributed by atoms with Gasteiger partial charge in [0.25, 0.3) is 0 Å². The van der Waals surface area contributed by atoms with Crippen LogP contribution in [0.5, 0.6) is 0 Å². The Kier molecular flexibility index (Phi) is 4.86. The van der Waals surface area contributed by atoms with Gasteiger partial charge in [-0.25, -0.2) is 0 Å². The summed E-state index contributed by atoms with van der Waals surface area (Å²) >= 11 is 0. The predicted molar refractivity (Wildman–Crippen MR) is 117 cm³/mol. The molecule has 2 aromatic rings. The van der Waals surface area contributed by atoms with Gasteiger partial charge in [-0.05, 0) is 67.6 Å². The molecule has 3 heteroatoms. The third-order valence-electron chi connectivity index (χ3n) is 6.24. The fourth-order valence-electron chi connectivity index (χ4n) is 4.68. The van der Waals surface area contributed by atoms with Crippen molar-refractivity contribution < 1.29 is 0 Å². The summed E-state index contributed by atoms with van der Waals surface area (Å²) in [5, 5.41) is 3.86. The van der Waals surface area contributed by atoms with Crippen LogP contribution in [0, 0.1) is 5.92 Å². The van der Waals surface area contributed by atoms with E-state index < -0.39 is 0 Å². The standard InChI is InChI=1S/C24H31N3/c1-5-27(6-2)19-14-15-23-22(16-19)20-8-7-9-21(20)24(25-23)17-10-12-18(13-11-17)26(3)4/h7-8,10-16,20-21,24-25H,5-6,9H2,1-4H3. The fourth-order valence-corrected chi connectivity index (χ4v) is 4.68. The summed E-state index contributed by atoms with van der Waals surface area (Å²) in [5.41, 5.74) is 6.73. The Labute approximate surface area is 163 Å². The maximum Gasteiger partial charge on any atom is 0.0553 e. The molecule has 3 unspecified atom stereocenters. The first-order valence-electron chi connectivity index (χ1n) is 10.2. The zero-order valence-corrected chi connectivity index (χ0v) is 16.9. The molecule has 27 heavy (non-hydrogen) atoms. The molecule has 2 aliphatic rings. The molecule has 0 radical (unpaired) electrons. The number of nitrogens with one attached hydrogen (secondary N) is 1. The number of fused-ring (bicyclic) bond motifs is 3. The van der Waals surface area contributed by atoms with Gasteiger partial charge in [0.2, 0.25) is 0 Å². The Morgan fingerprint density at radius 1 is 0.963 bits per heavy atom. The number of allylic oxidation sites excluding steroid dienone is 2. The van der Waals surface area contributed by atoms with Gasteiger partial charge in [-0.1, -0.05) is 24.3 Å². The van der Waals surface area contributed by atoms with E-state index in [1.807, 2.05) is 0 Å². The third kappa shape index (κ3) is 3.20. The van der Waals surface area contributed by atoms with E-state index in [-0.39, 0.29) is 0 Å². The Balaban J connectivity index is 1.68. The third-order valence-corrected chi connectivity index (χ3v) is 6.24. The minimum atomic E-state index is 0.369. The Morgan fingerprint density at radius 2 is 1.67 bits per heavy atom. The molecule has 0 saturated carbocycles. The SMILES string of the molecule is CCN(CC)c1ccc2c(c1)C1C=CCC1C(c1ccc(N(C)C)cc1)N2. The van der Waals surface area contributed by atoms with Gasteiger partial charge in [0.1, 0.15) is 0 Å². The van der Waals surface area contributed by atoms with Gasteiger partial charge in [0.15, 0.2) is 0 Å². The van der Waals surface area contributed by atoms with Crippen LogP contribution >= 0.6 is 0 Å². The molecule has 0 saturated heterocycles. The molecule has 1 aliphatic carbocycles. The van der Waals surface area contributed by atoms with Crippen LogP contribution in [0.2, 0.25) is 0 Å². The van der Waals surface area contributed by atoms with E-state index in [1.165, 1.54) is 28.2 Å². The number of anilines is 3. The molecule has 1 aliphatic heterocycles. The van der Waals surface area contributed by atoms with E-state index in [0.717, 1.165) is 19.5 Å². The van der Waals surface area contributed by atoms with Crippen molar-refractivity contribution in [3.05, 3.63) is 65.7 Å². The molecule has 1 heterocycles. The molecule has 0 fully saturated rings. The van der Waals surface area contributed by atoms with E-state index >= 15 is 0 Å². The van der Waals surface area contributed by atoms with Crippen molar-refractivity contribution in [1.82, 2.24) is 0 Å². The van der Waals surface area contributed by atoms with Crippen molar-refractivity contribution in [2.45, 2.75) is 32.2 Å². The van der Waals surface area contributed by atoms with Crippen molar-refractivity contribution in [2.75, 3.05) is 42.3 Å². The van der Waals surface area contributed by atoms with Crippen LogP contribution in [0.25, 0.3) is 0 Å². The normalized spacial score (nSPS) is 22.7. The predicted octanol–water partition coefficient (Wildman–Crippen LogP) is 5.43. The van der Waals surface area contributed by atoms with E-state index in [1.54, 1.807) is 0 Å². The van der Waals surface area contributed by atoms with Crippen LogP contribution in [0.15, 0.2) is 54.6 Å². The van der Waals surface area contributed by atoms with E-state index in [4.69, 9.17) is 0 Å². The highest BCUT2D eigenvalue weighted by molar-refractivity contribution is 5.66. The quantitative estimate of drug-likeness (QED) is 0.717. The summed E-state index contributed by atoms with van der Waals surface area (Å²) in [4.78, 5) is 4.59. The summed E-state index contributed by atoms with van der Waals surface area (Å²) in [5.74, 6) is 1.10. The highest BCUT2D eigenvalue weighted by Gasteiger charge is 2.38. The maximum atomic E-state index is 3.86. The van der Waals surface area contributed by atoms with Crippen LogP contribution in [0.4, 0.5) is 17.1 Å². The van der Waals surface area contributed by atoms with Crippen LogP contribution in [-0.2, 0) is 0 Å². The maximum absolute atomic E-state index is 3.86. The van der Waals surface area contributed by atoms with Crippen molar-refractivity contribution in [1.29, 1.82) is 0 Å². The smallest absolute Gasteiger partial charge is 0.0553 e. The number of rotatable bonds is 5. The summed E-state index contributed by atoms with van der Waals surface area (Å²) in [6, 6.07) is 16.4. The largest absolute Gasteiger partial charge is 0.378 e. The Bertz CT molecular complexity index is 818. The van der Waals surface area contributed by atoms with E-state index in [0.29, 0.717) is 17.9 Å². The van der Waals surface area contributed by atoms with E-state index in [2.05, 4.69) is 97.7 Å². The number of hydrogen-bond donors (Lipinski definition) is 1. The second kappa shape index (κ2) is 7.30. The lowest BCUT2D eigenvalue weighted by Gasteiger charge is -2.38. The second-order valence-electron chi connectivity index (χ2n) is 7.91. The summed E-state index contributed by atoms with van der Waals surface area (Å²) in [6.07, 6.45) is 5.95. The second-order valence-corrected chi connectivity index (χ2v) is 7.91. The molecule has 142 valence electrons. The summed E-state index contributed by atoms with van der Waals surface area (Å²) < 4.78 is 0. The summed E-state index contributed by atoms with van der Waals surface area (Å²) in [6.45, 7) is 6.56. The van der Waals surface area contributed by atoms with Crippen molar-refractivity contribution in [3.8, 4) is 0 Å². The molecule has 1 N–H and O–H groups in total. The summed E-state index contributed by atoms with van der Waals surface area (Å²) in [7, 11) is 4.18. The lowest BCUT2D eigenvalue weighted by atomic mass is 9.77. The van der Waals surface area contributed by atoms with Gasteiger partial charge < -0.3 is 15.1 Å². The highest BCUT2D eigenvalue weighted by Crippen LogP contribution is 2.50. The molecule has 0 bridgehead atoms. The van der Waals surface area contributed by atoms with E-state index in [9.17, 15) is 0 Å².